The molecule has 0 atom stereocenters. The number of sulfonamides is 1. The van der Waals surface area contributed by atoms with Crippen LogP contribution in [-0.4, -0.2) is 36.0 Å². The van der Waals surface area contributed by atoms with Gasteiger partial charge in [0.25, 0.3) is 5.91 Å². The Morgan fingerprint density at radius 2 is 2.07 bits per heavy atom. The van der Waals surface area contributed by atoms with Gasteiger partial charge >= 0.3 is 0 Å². The van der Waals surface area contributed by atoms with Crippen molar-refractivity contribution in [2.75, 3.05) is 6.54 Å². The third kappa shape index (κ3) is 3.96. The second-order valence-corrected chi connectivity index (χ2v) is 9.22. The van der Waals surface area contributed by atoms with Crippen molar-refractivity contribution in [3.05, 3.63) is 75.7 Å². The minimum atomic E-state index is -3.63. The summed E-state index contributed by atoms with van der Waals surface area (Å²) in [5.74, 6) is -0.206. The summed E-state index contributed by atoms with van der Waals surface area (Å²) >= 11 is 1.50. The summed E-state index contributed by atoms with van der Waals surface area (Å²) < 4.78 is 27.9. The third-order valence-corrected chi connectivity index (χ3v) is 6.87. The first-order valence-electron chi connectivity index (χ1n) is 8.74. The van der Waals surface area contributed by atoms with E-state index in [1.165, 1.54) is 17.5 Å². The second kappa shape index (κ2) is 7.78. The van der Waals surface area contributed by atoms with Crippen LogP contribution in [0, 0.1) is 0 Å². The molecule has 0 aliphatic carbocycles. The molecule has 4 rings (SSSR count). The minimum Gasteiger partial charge on any atom is -0.333 e. The highest BCUT2D eigenvalue weighted by molar-refractivity contribution is 7.89. The second-order valence-electron chi connectivity index (χ2n) is 6.42. The van der Waals surface area contributed by atoms with Gasteiger partial charge < -0.3 is 4.90 Å². The first kappa shape index (κ1) is 18.7. The fraction of sp³-hybridized carbons (Fsp3) is 0.211. The molecule has 0 fully saturated rings. The number of nitrogens with one attached hydrogen (secondary N) is 1. The molecule has 1 amide bonds. The van der Waals surface area contributed by atoms with Gasteiger partial charge in [-0.3, -0.25) is 4.79 Å². The predicted molar refractivity (Wildman–Crippen MR) is 105 cm³/mol. The molecule has 144 valence electrons. The van der Waals surface area contributed by atoms with Gasteiger partial charge in [0.1, 0.15) is 0 Å². The average molecular weight is 415 g/mol. The smallest absolute Gasteiger partial charge is 0.274 e. The van der Waals surface area contributed by atoms with Crippen LogP contribution in [0.15, 0.2) is 58.9 Å². The molecule has 3 heterocycles. The number of carbonyl (C=O) groups is 1. The van der Waals surface area contributed by atoms with Crippen LogP contribution in [0.25, 0.3) is 0 Å². The van der Waals surface area contributed by atoms with Gasteiger partial charge in [0, 0.05) is 30.7 Å². The number of aromatic nitrogens is 2. The molecular weight excluding hydrogens is 396 g/mol. The van der Waals surface area contributed by atoms with Gasteiger partial charge in [-0.15, -0.1) is 16.4 Å². The monoisotopic (exact) mass is 414 g/mol. The molecule has 1 aliphatic rings. The van der Waals surface area contributed by atoms with Gasteiger partial charge in [-0.25, -0.2) is 13.1 Å². The van der Waals surface area contributed by atoms with Gasteiger partial charge in [-0.2, -0.15) is 5.10 Å². The first-order chi connectivity index (χ1) is 13.5. The number of nitrogens with zero attached hydrogens (tertiary/aromatic N) is 3. The van der Waals surface area contributed by atoms with E-state index in [9.17, 15) is 13.2 Å². The Balaban J connectivity index is 1.52. The van der Waals surface area contributed by atoms with Gasteiger partial charge in [-0.05, 0) is 53.3 Å². The molecule has 0 saturated heterocycles. The van der Waals surface area contributed by atoms with E-state index in [1.807, 2.05) is 23.6 Å². The number of rotatable bonds is 5. The highest BCUT2D eigenvalue weighted by Crippen LogP contribution is 2.24. The Labute approximate surface area is 167 Å². The number of thiophene rings is 1. The molecule has 2 aromatic heterocycles. The lowest BCUT2D eigenvalue weighted by atomic mass is 9.99. The summed E-state index contributed by atoms with van der Waals surface area (Å²) in [6, 6.07) is 12.2. The number of hydrogen-bond donors (Lipinski definition) is 1. The maximum absolute atomic E-state index is 12.6. The summed E-state index contributed by atoms with van der Waals surface area (Å²) in [6.45, 7) is 1.17. The molecule has 0 radical (unpaired) electrons. The lowest BCUT2D eigenvalue weighted by Gasteiger charge is -2.28. The van der Waals surface area contributed by atoms with E-state index in [2.05, 4.69) is 14.9 Å². The zero-order chi connectivity index (χ0) is 19.6. The van der Waals surface area contributed by atoms with E-state index < -0.39 is 10.0 Å². The predicted octanol–water partition coefficient (Wildman–Crippen LogP) is 2.22. The molecule has 9 heteroatoms. The molecule has 0 spiro atoms. The van der Waals surface area contributed by atoms with Crippen LogP contribution in [0.3, 0.4) is 0 Å². The highest BCUT2D eigenvalue weighted by atomic mass is 32.2. The Morgan fingerprint density at radius 3 is 2.82 bits per heavy atom. The normalized spacial score (nSPS) is 13.9. The van der Waals surface area contributed by atoms with Crippen LogP contribution in [0.5, 0.6) is 0 Å². The van der Waals surface area contributed by atoms with E-state index in [0.717, 1.165) is 16.0 Å². The summed E-state index contributed by atoms with van der Waals surface area (Å²) in [4.78, 5) is 15.4. The standard InChI is InChI=1S/C19H18N4O3S2/c24-19(18-4-1-8-20-22-18)23-9-7-14-5-6-17(11-15(14)13-23)28(25,26)21-12-16-3-2-10-27-16/h1-6,8,10-11,21H,7,9,12-13H2. The molecule has 28 heavy (non-hydrogen) atoms. The van der Waals surface area contributed by atoms with E-state index in [1.54, 1.807) is 29.2 Å². The number of benzene rings is 1. The summed E-state index contributed by atoms with van der Waals surface area (Å²) in [6.07, 6.45) is 2.19. The molecule has 1 N–H and O–H groups in total. The van der Waals surface area contributed by atoms with E-state index in [0.29, 0.717) is 19.5 Å². The zero-order valence-corrected chi connectivity index (χ0v) is 16.5. The lowest BCUT2D eigenvalue weighted by molar-refractivity contribution is 0.0727. The third-order valence-electron chi connectivity index (χ3n) is 4.60. The SMILES string of the molecule is O=C(c1cccnn1)N1CCc2ccc(S(=O)(=O)NCc3cccs3)cc2C1. The maximum atomic E-state index is 12.6. The quantitative estimate of drug-likeness (QED) is 0.691. The Kier molecular flexibility index (Phi) is 5.21. The van der Waals surface area contributed by atoms with Gasteiger partial charge in [-0.1, -0.05) is 12.1 Å². The maximum Gasteiger partial charge on any atom is 0.274 e. The lowest BCUT2D eigenvalue weighted by Crippen LogP contribution is -2.36. The Hall–Kier alpha value is -2.62. The van der Waals surface area contributed by atoms with Crippen molar-refractivity contribution in [3.8, 4) is 0 Å². The highest BCUT2D eigenvalue weighted by Gasteiger charge is 2.24. The zero-order valence-electron chi connectivity index (χ0n) is 14.9. The van der Waals surface area contributed by atoms with Gasteiger partial charge in [0.2, 0.25) is 10.0 Å². The van der Waals surface area contributed by atoms with E-state index in [-0.39, 0.29) is 23.0 Å². The summed E-state index contributed by atoms with van der Waals surface area (Å²) in [7, 11) is -3.63. The molecule has 7 nitrogen and oxygen atoms in total. The molecule has 0 saturated carbocycles. The van der Waals surface area contributed by atoms with Gasteiger partial charge in [0.05, 0.1) is 4.90 Å². The van der Waals surface area contributed by atoms with Gasteiger partial charge in [0.15, 0.2) is 5.69 Å². The van der Waals surface area contributed by atoms with Crippen LogP contribution >= 0.6 is 11.3 Å². The van der Waals surface area contributed by atoms with Crippen LogP contribution in [-0.2, 0) is 29.5 Å². The summed E-state index contributed by atoms with van der Waals surface area (Å²) in [5.41, 5.74) is 2.18. The molecule has 0 unspecified atom stereocenters. The van der Waals surface area contributed by atoms with Crippen LogP contribution in [0.2, 0.25) is 0 Å². The van der Waals surface area contributed by atoms with Crippen molar-refractivity contribution in [2.45, 2.75) is 24.4 Å². The number of carbonyl (C=O) groups excluding carboxylic acids is 1. The fourth-order valence-electron chi connectivity index (χ4n) is 3.11. The fourth-order valence-corrected chi connectivity index (χ4v) is 4.91. The largest absolute Gasteiger partial charge is 0.333 e. The average Bonchev–Trinajstić information content (AvgIpc) is 3.25. The van der Waals surface area contributed by atoms with Crippen molar-refractivity contribution < 1.29 is 13.2 Å². The van der Waals surface area contributed by atoms with Crippen LogP contribution in [0.1, 0.15) is 26.5 Å². The van der Waals surface area contributed by atoms with E-state index in [4.69, 9.17) is 0 Å². The van der Waals surface area contributed by atoms with Crippen LogP contribution in [0.4, 0.5) is 0 Å². The number of hydrogen-bond acceptors (Lipinski definition) is 6. The number of amides is 1. The topological polar surface area (TPSA) is 92.3 Å². The van der Waals surface area contributed by atoms with Crippen molar-refractivity contribution >= 4 is 27.3 Å². The summed E-state index contributed by atoms with van der Waals surface area (Å²) in [5, 5.41) is 9.53. The van der Waals surface area contributed by atoms with Crippen molar-refractivity contribution in [1.82, 2.24) is 19.8 Å². The van der Waals surface area contributed by atoms with Crippen molar-refractivity contribution in [3.63, 3.8) is 0 Å². The molecule has 0 bridgehead atoms. The molecular formula is C19H18N4O3S2. The molecule has 3 aromatic rings. The number of fused-ring (bicyclic) bond motifs is 1. The Bertz CT molecular complexity index is 1080. The molecule has 1 aliphatic heterocycles. The van der Waals surface area contributed by atoms with Crippen molar-refractivity contribution in [1.29, 1.82) is 0 Å². The molecule has 1 aromatic carbocycles. The van der Waals surface area contributed by atoms with Crippen LogP contribution < -0.4 is 4.72 Å². The van der Waals surface area contributed by atoms with E-state index >= 15 is 0 Å². The van der Waals surface area contributed by atoms with Crippen molar-refractivity contribution in [2.24, 2.45) is 0 Å². The Morgan fingerprint density at radius 1 is 1.18 bits per heavy atom. The minimum absolute atomic E-state index is 0.205. The first-order valence-corrected chi connectivity index (χ1v) is 11.1.